The van der Waals surface area contributed by atoms with Gasteiger partial charge in [0.1, 0.15) is 5.76 Å². The van der Waals surface area contributed by atoms with Gasteiger partial charge in [0.2, 0.25) is 5.09 Å². The summed E-state index contributed by atoms with van der Waals surface area (Å²) in [5.41, 5.74) is 0. The summed E-state index contributed by atoms with van der Waals surface area (Å²) in [4.78, 5) is 0. The Bertz CT molecular complexity index is 531. The van der Waals surface area contributed by atoms with Crippen molar-refractivity contribution in [2.75, 3.05) is 11.5 Å². The van der Waals surface area contributed by atoms with E-state index in [9.17, 15) is 8.42 Å². The highest BCUT2D eigenvalue weighted by molar-refractivity contribution is 7.99. The fraction of sp³-hybridized carbons (Fsp3) is 0.667. The highest BCUT2D eigenvalue weighted by atomic mass is 32.2. The summed E-state index contributed by atoms with van der Waals surface area (Å²) in [7, 11) is -3.50. The standard InChI is InChI=1S/C12H18N2O3S2/c15-19(16,14-10-5-6-18-8-10)12-4-3-11(17-12)7-13-9-1-2-9/h3-4,9-10,13-14H,1-2,5-8H2. The molecule has 1 saturated heterocycles. The normalized spacial score (nSPS) is 23.9. The lowest BCUT2D eigenvalue weighted by atomic mass is 10.3. The number of sulfonamides is 1. The Morgan fingerprint density at radius 3 is 2.79 bits per heavy atom. The van der Waals surface area contributed by atoms with Crippen molar-refractivity contribution in [1.29, 1.82) is 0 Å². The van der Waals surface area contributed by atoms with Crippen LogP contribution in [0.15, 0.2) is 21.6 Å². The summed E-state index contributed by atoms with van der Waals surface area (Å²) in [5.74, 6) is 2.53. The Morgan fingerprint density at radius 2 is 2.11 bits per heavy atom. The van der Waals surface area contributed by atoms with E-state index in [1.165, 1.54) is 18.9 Å². The molecule has 1 saturated carbocycles. The molecular weight excluding hydrogens is 284 g/mol. The molecule has 106 valence electrons. The minimum atomic E-state index is -3.50. The lowest BCUT2D eigenvalue weighted by Gasteiger charge is -2.09. The van der Waals surface area contributed by atoms with Gasteiger partial charge in [-0.2, -0.15) is 11.8 Å². The monoisotopic (exact) mass is 302 g/mol. The van der Waals surface area contributed by atoms with E-state index in [0.717, 1.165) is 17.9 Å². The highest BCUT2D eigenvalue weighted by Crippen LogP contribution is 2.22. The van der Waals surface area contributed by atoms with Gasteiger partial charge in [-0.1, -0.05) is 0 Å². The third-order valence-electron chi connectivity index (χ3n) is 3.30. The van der Waals surface area contributed by atoms with E-state index in [1.807, 2.05) is 0 Å². The maximum Gasteiger partial charge on any atom is 0.274 e. The largest absolute Gasteiger partial charge is 0.447 e. The number of nitrogens with one attached hydrogen (secondary N) is 2. The third kappa shape index (κ3) is 3.53. The van der Waals surface area contributed by atoms with Crippen LogP contribution < -0.4 is 10.0 Å². The van der Waals surface area contributed by atoms with E-state index in [-0.39, 0.29) is 11.1 Å². The number of hydrogen-bond donors (Lipinski definition) is 2. The quantitative estimate of drug-likeness (QED) is 0.829. The maximum absolute atomic E-state index is 12.1. The van der Waals surface area contributed by atoms with E-state index in [2.05, 4.69) is 10.0 Å². The summed E-state index contributed by atoms with van der Waals surface area (Å²) >= 11 is 1.77. The first-order valence-corrected chi connectivity index (χ1v) is 9.19. The van der Waals surface area contributed by atoms with Gasteiger partial charge in [0, 0.05) is 17.8 Å². The maximum atomic E-state index is 12.1. The van der Waals surface area contributed by atoms with Crippen LogP contribution in [0.2, 0.25) is 0 Å². The molecule has 5 nitrogen and oxygen atoms in total. The number of rotatable bonds is 6. The summed E-state index contributed by atoms with van der Waals surface area (Å²) in [6.45, 7) is 0.597. The molecule has 3 rings (SSSR count). The van der Waals surface area contributed by atoms with Gasteiger partial charge in [0.05, 0.1) is 6.54 Å². The van der Waals surface area contributed by atoms with Crippen LogP contribution in [0.5, 0.6) is 0 Å². The first-order chi connectivity index (χ1) is 9.13. The Morgan fingerprint density at radius 1 is 1.26 bits per heavy atom. The van der Waals surface area contributed by atoms with Crippen LogP contribution in [-0.4, -0.2) is 32.0 Å². The molecule has 7 heteroatoms. The molecule has 0 spiro atoms. The molecule has 1 unspecified atom stereocenters. The average molecular weight is 302 g/mol. The summed E-state index contributed by atoms with van der Waals surface area (Å²) in [5, 5.41) is 3.32. The molecule has 2 aliphatic rings. The molecule has 0 aromatic carbocycles. The molecule has 1 aliphatic heterocycles. The van der Waals surface area contributed by atoms with E-state index in [4.69, 9.17) is 4.42 Å². The molecular formula is C12H18N2O3S2. The number of furan rings is 1. The SMILES string of the molecule is O=S(=O)(NC1CCSC1)c1ccc(CNC2CC2)o1. The molecule has 1 aromatic heterocycles. The van der Waals surface area contributed by atoms with Crippen molar-refractivity contribution in [1.82, 2.24) is 10.0 Å². The topological polar surface area (TPSA) is 71.3 Å². The van der Waals surface area contributed by atoms with Gasteiger partial charge in [-0.05, 0) is 37.1 Å². The van der Waals surface area contributed by atoms with E-state index in [0.29, 0.717) is 18.3 Å². The van der Waals surface area contributed by atoms with Crippen molar-refractivity contribution < 1.29 is 12.8 Å². The van der Waals surface area contributed by atoms with Crippen molar-refractivity contribution >= 4 is 21.8 Å². The van der Waals surface area contributed by atoms with Gasteiger partial charge in [0.25, 0.3) is 10.0 Å². The first-order valence-electron chi connectivity index (χ1n) is 6.56. The van der Waals surface area contributed by atoms with Gasteiger partial charge in [-0.15, -0.1) is 0 Å². The minimum Gasteiger partial charge on any atom is -0.447 e. The Kier molecular flexibility index (Phi) is 3.88. The van der Waals surface area contributed by atoms with Crippen molar-refractivity contribution in [2.24, 2.45) is 0 Å². The summed E-state index contributed by atoms with van der Waals surface area (Å²) < 4.78 is 32.4. The Hall–Kier alpha value is -0.500. The summed E-state index contributed by atoms with van der Waals surface area (Å²) in [6.07, 6.45) is 3.29. The zero-order chi connectivity index (χ0) is 13.3. The van der Waals surface area contributed by atoms with Crippen molar-refractivity contribution in [3.05, 3.63) is 17.9 Å². The molecule has 0 amide bonds. The van der Waals surface area contributed by atoms with Crippen molar-refractivity contribution in [3.8, 4) is 0 Å². The molecule has 1 aliphatic carbocycles. The first kappa shape index (κ1) is 13.5. The molecule has 0 bridgehead atoms. The van der Waals surface area contributed by atoms with E-state index in [1.54, 1.807) is 17.8 Å². The van der Waals surface area contributed by atoms with Crippen LogP contribution in [0.3, 0.4) is 0 Å². The van der Waals surface area contributed by atoms with Gasteiger partial charge < -0.3 is 9.73 Å². The molecule has 2 N–H and O–H groups in total. The Labute approximate surface area is 117 Å². The van der Waals surface area contributed by atoms with Gasteiger partial charge in [-0.25, -0.2) is 13.1 Å². The summed E-state index contributed by atoms with van der Waals surface area (Å²) in [6, 6.07) is 3.88. The van der Waals surface area contributed by atoms with Gasteiger partial charge in [-0.3, -0.25) is 0 Å². The smallest absolute Gasteiger partial charge is 0.274 e. The van der Waals surface area contributed by atoms with E-state index < -0.39 is 10.0 Å². The fourth-order valence-corrected chi connectivity index (χ4v) is 4.51. The predicted molar refractivity (Wildman–Crippen MR) is 74.6 cm³/mol. The zero-order valence-corrected chi connectivity index (χ0v) is 12.2. The number of hydrogen-bond acceptors (Lipinski definition) is 5. The lowest BCUT2D eigenvalue weighted by molar-refractivity contribution is 0.397. The second kappa shape index (κ2) is 5.47. The van der Waals surface area contributed by atoms with Crippen LogP contribution in [-0.2, 0) is 16.6 Å². The van der Waals surface area contributed by atoms with Gasteiger partial charge >= 0.3 is 0 Å². The van der Waals surface area contributed by atoms with Gasteiger partial charge in [0.15, 0.2) is 0 Å². The second-order valence-corrected chi connectivity index (χ2v) is 7.85. The van der Waals surface area contributed by atoms with Crippen LogP contribution >= 0.6 is 11.8 Å². The highest BCUT2D eigenvalue weighted by Gasteiger charge is 2.26. The average Bonchev–Trinajstić information content (AvgIpc) is 2.87. The molecule has 2 fully saturated rings. The van der Waals surface area contributed by atoms with Crippen molar-refractivity contribution in [3.63, 3.8) is 0 Å². The van der Waals surface area contributed by atoms with E-state index >= 15 is 0 Å². The molecule has 0 radical (unpaired) electrons. The zero-order valence-electron chi connectivity index (χ0n) is 10.6. The predicted octanol–water partition coefficient (Wildman–Crippen LogP) is 1.32. The minimum absolute atomic E-state index is 0.0250. The second-order valence-electron chi connectivity index (χ2n) is 5.06. The van der Waals surface area contributed by atoms with Crippen LogP contribution in [0.1, 0.15) is 25.0 Å². The van der Waals surface area contributed by atoms with Crippen LogP contribution in [0, 0.1) is 0 Å². The number of thioether (sulfide) groups is 1. The molecule has 2 heterocycles. The Balaban J connectivity index is 1.62. The molecule has 19 heavy (non-hydrogen) atoms. The fourth-order valence-electron chi connectivity index (χ4n) is 2.04. The third-order valence-corrected chi connectivity index (χ3v) is 5.85. The lowest BCUT2D eigenvalue weighted by Crippen LogP contribution is -2.34. The van der Waals surface area contributed by atoms with Crippen LogP contribution in [0.4, 0.5) is 0 Å². The van der Waals surface area contributed by atoms with Crippen LogP contribution in [0.25, 0.3) is 0 Å². The molecule has 1 aromatic rings. The molecule has 1 atom stereocenters. The van der Waals surface area contributed by atoms with Crippen molar-refractivity contribution in [2.45, 2.75) is 43.0 Å².